The second-order valence-corrected chi connectivity index (χ2v) is 5.28. The standard InChI is InChI=1S/C16H15BrO4/c1-20-15-7-6-11(8-13(15)16(18)19)9-21-10-12-4-2-3-5-14(12)17/h2-8H,9-10H2,1H3,(H,18,19). The number of aromatic carboxylic acids is 1. The van der Waals surface area contributed by atoms with Crippen LogP contribution in [0.25, 0.3) is 0 Å². The molecule has 0 aliphatic carbocycles. The number of carboxylic acid groups (broad SMARTS) is 1. The van der Waals surface area contributed by atoms with Gasteiger partial charge in [0.05, 0.1) is 20.3 Å². The Kier molecular flexibility index (Phi) is 5.36. The first-order valence-corrected chi connectivity index (χ1v) is 7.12. The molecule has 2 rings (SSSR count). The minimum absolute atomic E-state index is 0.138. The zero-order valence-electron chi connectivity index (χ0n) is 11.5. The lowest BCUT2D eigenvalue weighted by Gasteiger charge is -2.09. The lowest BCUT2D eigenvalue weighted by atomic mass is 10.1. The van der Waals surface area contributed by atoms with Crippen LogP contribution in [0.5, 0.6) is 5.75 Å². The van der Waals surface area contributed by atoms with Crippen LogP contribution < -0.4 is 4.74 Å². The lowest BCUT2D eigenvalue weighted by molar-refractivity contribution is 0.0692. The van der Waals surface area contributed by atoms with Gasteiger partial charge in [0.25, 0.3) is 0 Å². The summed E-state index contributed by atoms with van der Waals surface area (Å²) in [6.45, 7) is 0.793. The van der Waals surface area contributed by atoms with E-state index in [1.807, 2.05) is 24.3 Å². The molecule has 0 atom stereocenters. The zero-order valence-corrected chi connectivity index (χ0v) is 13.1. The van der Waals surface area contributed by atoms with Gasteiger partial charge >= 0.3 is 5.97 Å². The molecule has 0 aromatic heterocycles. The Morgan fingerprint density at radius 2 is 1.95 bits per heavy atom. The number of hydrogen-bond donors (Lipinski definition) is 1. The van der Waals surface area contributed by atoms with E-state index in [0.29, 0.717) is 19.0 Å². The normalized spacial score (nSPS) is 10.4. The monoisotopic (exact) mass is 350 g/mol. The molecule has 2 aromatic rings. The number of methoxy groups -OCH3 is 1. The van der Waals surface area contributed by atoms with Crippen molar-refractivity contribution in [2.75, 3.05) is 7.11 Å². The first kappa shape index (κ1) is 15.5. The highest BCUT2D eigenvalue weighted by atomic mass is 79.9. The van der Waals surface area contributed by atoms with Crippen molar-refractivity contribution in [3.05, 3.63) is 63.6 Å². The summed E-state index contributed by atoms with van der Waals surface area (Å²) in [5.41, 5.74) is 1.98. The summed E-state index contributed by atoms with van der Waals surface area (Å²) in [4.78, 5) is 11.1. The molecule has 0 heterocycles. The van der Waals surface area contributed by atoms with Crippen LogP contribution in [0.2, 0.25) is 0 Å². The second kappa shape index (κ2) is 7.24. The summed E-state index contributed by atoms with van der Waals surface area (Å²) in [5.74, 6) is -0.670. The van der Waals surface area contributed by atoms with Crippen molar-refractivity contribution in [1.82, 2.24) is 0 Å². The molecule has 0 radical (unpaired) electrons. The molecule has 21 heavy (non-hydrogen) atoms. The topological polar surface area (TPSA) is 55.8 Å². The van der Waals surface area contributed by atoms with Gasteiger partial charge < -0.3 is 14.6 Å². The number of benzene rings is 2. The van der Waals surface area contributed by atoms with E-state index >= 15 is 0 Å². The average Bonchev–Trinajstić information content (AvgIpc) is 2.49. The van der Waals surface area contributed by atoms with E-state index in [2.05, 4.69) is 15.9 Å². The first-order valence-electron chi connectivity index (χ1n) is 6.33. The van der Waals surface area contributed by atoms with Gasteiger partial charge in [-0.1, -0.05) is 40.2 Å². The van der Waals surface area contributed by atoms with Crippen molar-refractivity contribution in [2.24, 2.45) is 0 Å². The van der Waals surface area contributed by atoms with Crippen molar-refractivity contribution >= 4 is 21.9 Å². The third-order valence-electron chi connectivity index (χ3n) is 2.98. The van der Waals surface area contributed by atoms with Gasteiger partial charge in [0.2, 0.25) is 0 Å². The Balaban J connectivity index is 2.02. The van der Waals surface area contributed by atoms with Crippen molar-refractivity contribution in [3.8, 4) is 5.75 Å². The molecule has 0 aliphatic rings. The van der Waals surface area contributed by atoms with E-state index in [4.69, 9.17) is 14.6 Å². The molecule has 2 aromatic carbocycles. The number of hydrogen-bond acceptors (Lipinski definition) is 3. The van der Waals surface area contributed by atoms with E-state index in [1.165, 1.54) is 7.11 Å². The summed E-state index contributed by atoms with van der Waals surface area (Å²) in [5, 5.41) is 9.13. The van der Waals surface area contributed by atoms with Gasteiger partial charge in [-0.05, 0) is 29.3 Å². The Labute approximate surface area is 131 Å². The fourth-order valence-corrected chi connectivity index (χ4v) is 2.31. The lowest BCUT2D eigenvalue weighted by Crippen LogP contribution is -2.02. The Bertz CT molecular complexity index is 640. The number of carboxylic acids is 1. The molecule has 0 aliphatic heterocycles. The summed E-state index contributed by atoms with van der Waals surface area (Å²) in [6, 6.07) is 12.8. The number of ether oxygens (including phenoxy) is 2. The number of carbonyl (C=O) groups is 1. The van der Waals surface area contributed by atoms with E-state index in [1.54, 1.807) is 18.2 Å². The molecular weight excluding hydrogens is 336 g/mol. The Morgan fingerprint density at radius 3 is 2.62 bits per heavy atom. The second-order valence-electron chi connectivity index (χ2n) is 4.42. The third-order valence-corrected chi connectivity index (χ3v) is 3.75. The molecule has 0 amide bonds. The van der Waals surface area contributed by atoms with Crippen molar-refractivity contribution in [1.29, 1.82) is 0 Å². The molecule has 5 heteroatoms. The summed E-state index contributed by atoms with van der Waals surface area (Å²) < 4.78 is 11.6. The van der Waals surface area contributed by atoms with Crippen LogP contribution in [0, 0.1) is 0 Å². The highest BCUT2D eigenvalue weighted by Gasteiger charge is 2.11. The van der Waals surface area contributed by atoms with Gasteiger partial charge in [0.1, 0.15) is 11.3 Å². The molecule has 0 saturated carbocycles. The maximum Gasteiger partial charge on any atom is 0.339 e. The van der Waals surface area contributed by atoms with Crippen LogP contribution in [0.1, 0.15) is 21.5 Å². The SMILES string of the molecule is COc1ccc(COCc2ccccc2Br)cc1C(=O)O. The highest BCUT2D eigenvalue weighted by Crippen LogP contribution is 2.21. The quantitative estimate of drug-likeness (QED) is 0.858. The fraction of sp³-hybridized carbons (Fsp3) is 0.188. The summed E-state index contributed by atoms with van der Waals surface area (Å²) in [7, 11) is 1.45. The van der Waals surface area contributed by atoms with Crippen molar-refractivity contribution < 1.29 is 19.4 Å². The van der Waals surface area contributed by atoms with Gasteiger partial charge in [-0.25, -0.2) is 4.79 Å². The highest BCUT2D eigenvalue weighted by molar-refractivity contribution is 9.10. The summed E-state index contributed by atoms with van der Waals surface area (Å²) in [6.07, 6.45) is 0. The molecule has 110 valence electrons. The average molecular weight is 351 g/mol. The number of rotatable bonds is 6. The Morgan fingerprint density at radius 1 is 1.19 bits per heavy atom. The molecule has 4 nitrogen and oxygen atoms in total. The molecule has 0 spiro atoms. The van der Waals surface area contributed by atoms with Gasteiger partial charge in [-0.2, -0.15) is 0 Å². The third kappa shape index (κ3) is 4.06. The predicted molar refractivity (Wildman–Crippen MR) is 82.6 cm³/mol. The van der Waals surface area contributed by atoms with Crippen LogP contribution in [0.3, 0.4) is 0 Å². The zero-order chi connectivity index (χ0) is 15.2. The summed E-state index contributed by atoms with van der Waals surface area (Å²) >= 11 is 3.46. The van der Waals surface area contributed by atoms with E-state index < -0.39 is 5.97 Å². The predicted octanol–water partition coefficient (Wildman–Crippen LogP) is 3.87. The van der Waals surface area contributed by atoms with E-state index in [9.17, 15) is 4.79 Å². The molecular formula is C16H15BrO4. The van der Waals surface area contributed by atoms with Crippen LogP contribution in [-0.4, -0.2) is 18.2 Å². The van der Waals surface area contributed by atoms with Crippen LogP contribution in [0.4, 0.5) is 0 Å². The molecule has 0 unspecified atom stereocenters. The van der Waals surface area contributed by atoms with Crippen molar-refractivity contribution in [3.63, 3.8) is 0 Å². The van der Waals surface area contributed by atoms with Gasteiger partial charge in [-0.3, -0.25) is 0 Å². The van der Waals surface area contributed by atoms with Crippen molar-refractivity contribution in [2.45, 2.75) is 13.2 Å². The smallest absolute Gasteiger partial charge is 0.339 e. The molecule has 0 saturated heterocycles. The first-order chi connectivity index (χ1) is 10.1. The van der Waals surface area contributed by atoms with E-state index in [-0.39, 0.29) is 5.56 Å². The minimum Gasteiger partial charge on any atom is -0.496 e. The van der Waals surface area contributed by atoms with Crippen LogP contribution in [0.15, 0.2) is 46.9 Å². The van der Waals surface area contributed by atoms with Crippen LogP contribution >= 0.6 is 15.9 Å². The van der Waals surface area contributed by atoms with Gasteiger partial charge in [0.15, 0.2) is 0 Å². The largest absolute Gasteiger partial charge is 0.496 e. The maximum atomic E-state index is 11.1. The van der Waals surface area contributed by atoms with E-state index in [0.717, 1.165) is 15.6 Å². The van der Waals surface area contributed by atoms with Gasteiger partial charge in [0, 0.05) is 4.47 Å². The Hall–Kier alpha value is -1.85. The van der Waals surface area contributed by atoms with Gasteiger partial charge in [-0.15, -0.1) is 0 Å². The minimum atomic E-state index is -1.01. The molecule has 1 N–H and O–H groups in total. The molecule has 0 bridgehead atoms. The molecule has 0 fully saturated rings. The number of halogens is 1. The maximum absolute atomic E-state index is 11.1. The fourth-order valence-electron chi connectivity index (χ4n) is 1.91. The van der Waals surface area contributed by atoms with Crippen LogP contribution in [-0.2, 0) is 18.0 Å².